The quantitative estimate of drug-likeness (QED) is 0.604. The van der Waals surface area contributed by atoms with Gasteiger partial charge in [0.05, 0.1) is 6.42 Å². The number of nitrogens with zero attached hydrogens (tertiary/aromatic N) is 1. The Bertz CT molecular complexity index is 498. The van der Waals surface area contributed by atoms with Crippen LogP contribution < -0.4 is 4.74 Å². The van der Waals surface area contributed by atoms with Crippen molar-refractivity contribution in [2.45, 2.75) is 26.0 Å². The van der Waals surface area contributed by atoms with Crippen molar-refractivity contribution >= 4 is 12.0 Å². The Morgan fingerprint density at radius 1 is 1.37 bits per heavy atom. The van der Waals surface area contributed by atoms with Gasteiger partial charge >= 0.3 is 12.0 Å². The van der Waals surface area contributed by atoms with E-state index in [-0.39, 0.29) is 18.6 Å². The van der Waals surface area contributed by atoms with E-state index in [0.717, 1.165) is 5.56 Å². The maximum atomic E-state index is 12.4. The number of methoxy groups -OCH3 is 1. The number of imide groups is 1. The van der Waals surface area contributed by atoms with Crippen molar-refractivity contribution in [3.63, 3.8) is 0 Å². The summed E-state index contributed by atoms with van der Waals surface area (Å²) in [7, 11) is 1.30. The molecule has 2 amide bonds. The van der Waals surface area contributed by atoms with Crippen LogP contribution in [0.5, 0.6) is 5.75 Å². The van der Waals surface area contributed by atoms with Gasteiger partial charge in [0, 0.05) is 13.5 Å². The summed E-state index contributed by atoms with van der Waals surface area (Å²) in [5.41, 5.74) is 0.998. The van der Waals surface area contributed by atoms with Crippen LogP contribution in [0.4, 0.5) is 4.79 Å². The zero-order valence-corrected chi connectivity index (χ0v) is 10.8. The summed E-state index contributed by atoms with van der Waals surface area (Å²) in [4.78, 5) is 23.6. The topological polar surface area (TPSA) is 75.7 Å². The fourth-order valence-electron chi connectivity index (χ4n) is 2.02. The first-order chi connectivity index (χ1) is 8.98. The highest BCUT2D eigenvalue weighted by molar-refractivity contribution is 5.84. The molecule has 1 saturated heterocycles. The number of hydroxylamine groups is 3. The van der Waals surface area contributed by atoms with E-state index in [0.29, 0.717) is 0 Å². The maximum Gasteiger partial charge on any atom is 0.531 e. The van der Waals surface area contributed by atoms with E-state index in [2.05, 4.69) is 0 Å². The van der Waals surface area contributed by atoms with Crippen molar-refractivity contribution in [1.29, 1.82) is 0 Å². The van der Waals surface area contributed by atoms with E-state index in [1.165, 1.54) is 7.11 Å². The van der Waals surface area contributed by atoms with Gasteiger partial charge in [-0.3, -0.25) is 0 Å². The fourth-order valence-corrected chi connectivity index (χ4v) is 2.02. The minimum atomic E-state index is -1.70. The molecule has 1 aliphatic heterocycles. The molecule has 2 rings (SSSR count). The molecule has 1 aliphatic rings. The number of carbonyl (C=O) groups excluding carboxylic acids is 2. The van der Waals surface area contributed by atoms with Gasteiger partial charge in [-0.15, -0.1) is 0 Å². The summed E-state index contributed by atoms with van der Waals surface area (Å²) < 4.78 is 8.19. The summed E-state index contributed by atoms with van der Waals surface area (Å²) >= 11 is 0. The first kappa shape index (κ1) is 13.7. The van der Waals surface area contributed by atoms with Crippen molar-refractivity contribution in [2.24, 2.45) is 0 Å². The van der Waals surface area contributed by atoms with Crippen molar-refractivity contribution in [3.05, 3.63) is 35.0 Å². The van der Waals surface area contributed by atoms with E-state index in [1.54, 1.807) is 24.3 Å². The van der Waals surface area contributed by atoms with Gasteiger partial charge < -0.3 is 14.7 Å². The minimum Gasteiger partial charge on any atom is -0.613 e. The van der Waals surface area contributed by atoms with Crippen LogP contribution in [-0.4, -0.2) is 30.0 Å². The lowest BCUT2D eigenvalue weighted by Gasteiger charge is -2.35. The van der Waals surface area contributed by atoms with E-state index in [9.17, 15) is 14.8 Å². The Morgan fingerprint density at radius 2 is 2.00 bits per heavy atom. The molecular weight excluding hydrogens is 250 g/mol. The van der Waals surface area contributed by atoms with E-state index in [4.69, 9.17) is 9.47 Å². The number of likely N-dealkylation sites (tertiary alicyclic amines) is 1. The van der Waals surface area contributed by atoms with Crippen molar-refractivity contribution in [3.8, 4) is 5.75 Å². The molecule has 6 nitrogen and oxygen atoms in total. The molecule has 0 radical (unpaired) electrons. The Kier molecular flexibility index (Phi) is 3.66. The van der Waals surface area contributed by atoms with E-state index in [1.807, 2.05) is 6.92 Å². The van der Waals surface area contributed by atoms with E-state index >= 15 is 0 Å². The predicted octanol–water partition coefficient (Wildman–Crippen LogP) is 2.10. The van der Waals surface area contributed by atoms with Crippen LogP contribution in [0, 0.1) is 12.1 Å². The highest BCUT2D eigenvalue weighted by atomic mass is 16.7. The second-order valence-corrected chi connectivity index (χ2v) is 4.46. The number of benzene rings is 1. The average molecular weight is 265 g/mol. The van der Waals surface area contributed by atoms with Gasteiger partial charge in [-0.2, -0.15) is 9.44 Å². The van der Waals surface area contributed by atoms with Gasteiger partial charge in [0.15, 0.2) is 0 Å². The first-order valence-electron chi connectivity index (χ1n) is 5.93. The molecule has 0 aliphatic carbocycles. The van der Waals surface area contributed by atoms with Crippen molar-refractivity contribution < 1.29 is 23.7 Å². The second kappa shape index (κ2) is 5.08. The highest BCUT2D eigenvalue weighted by Crippen LogP contribution is 2.29. The molecule has 1 aromatic rings. The number of ether oxygens (including phenoxy) is 2. The molecular formula is C13H15NO5. The van der Waals surface area contributed by atoms with Crippen LogP contribution in [0.3, 0.4) is 0 Å². The van der Waals surface area contributed by atoms with Gasteiger partial charge in [-0.05, 0) is 19.1 Å². The van der Waals surface area contributed by atoms with Crippen LogP contribution in [0.2, 0.25) is 0 Å². The number of hydrogen-bond donors (Lipinski definition) is 0. The molecule has 6 heteroatoms. The molecule has 0 N–H and O–H groups in total. The molecule has 1 heterocycles. The lowest BCUT2D eigenvalue weighted by Crippen LogP contribution is -2.56. The number of hydrogen-bond acceptors (Lipinski definition) is 5. The number of quaternary nitrogens is 1. The van der Waals surface area contributed by atoms with Gasteiger partial charge in [0.1, 0.15) is 5.75 Å². The number of rotatable bonds is 2. The number of aryl methyl sites for hydroxylation is 1. The smallest absolute Gasteiger partial charge is 0.531 e. The van der Waals surface area contributed by atoms with Crippen LogP contribution in [0.1, 0.15) is 18.4 Å². The molecule has 102 valence electrons. The summed E-state index contributed by atoms with van der Waals surface area (Å²) in [5.74, 6) is -0.498. The summed E-state index contributed by atoms with van der Waals surface area (Å²) in [6, 6.07) is 6.64. The molecule has 0 saturated carbocycles. The van der Waals surface area contributed by atoms with Crippen LogP contribution in [0.25, 0.3) is 0 Å². The Labute approximate surface area is 110 Å². The molecule has 2 atom stereocenters. The Balaban J connectivity index is 2.18. The average Bonchev–Trinajstić information content (AvgIpc) is 2.69. The van der Waals surface area contributed by atoms with E-state index < -0.39 is 22.9 Å². The third-order valence-electron chi connectivity index (χ3n) is 3.15. The fraction of sp³-hybridized carbons (Fsp3) is 0.385. The Hall–Kier alpha value is -1.76. The zero-order chi connectivity index (χ0) is 14.0. The highest BCUT2D eigenvalue weighted by Gasteiger charge is 2.51. The maximum absolute atomic E-state index is 12.4. The SMILES string of the molecule is COC1CCC(=O)[N+]1([O-])C(=O)Oc1ccc(C)cc1. The summed E-state index contributed by atoms with van der Waals surface area (Å²) in [6.45, 7) is 1.89. The number of carbonyl (C=O) groups is 2. The molecule has 2 unspecified atom stereocenters. The first-order valence-corrected chi connectivity index (χ1v) is 5.93. The van der Waals surface area contributed by atoms with Crippen LogP contribution >= 0.6 is 0 Å². The van der Waals surface area contributed by atoms with Crippen LogP contribution in [0.15, 0.2) is 24.3 Å². The van der Waals surface area contributed by atoms with Crippen molar-refractivity contribution in [2.75, 3.05) is 7.11 Å². The molecule has 0 aromatic heterocycles. The summed E-state index contributed by atoms with van der Waals surface area (Å²) in [5, 5.41) is 12.4. The van der Waals surface area contributed by atoms with Gasteiger partial charge in [-0.25, -0.2) is 4.79 Å². The zero-order valence-electron chi connectivity index (χ0n) is 10.8. The predicted molar refractivity (Wildman–Crippen MR) is 65.9 cm³/mol. The number of amides is 2. The minimum absolute atomic E-state index is 0.0189. The molecule has 1 fully saturated rings. The van der Waals surface area contributed by atoms with Gasteiger partial charge in [0.25, 0.3) is 0 Å². The molecule has 0 bridgehead atoms. The third kappa shape index (κ3) is 2.37. The molecule has 1 aromatic carbocycles. The monoisotopic (exact) mass is 265 g/mol. The van der Waals surface area contributed by atoms with Crippen molar-refractivity contribution in [1.82, 2.24) is 0 Å². The largest absolute Gasteiger partial charge is 0.613 e. The van der Waals surface area contributed by atoms with Gasteiger partial charge in [0.2, 0.25) is 6.23 Å². The summed E-state index contributed by atoms with van der Waals surface area (Å²) in [6.07, 6.45) is -1.93. The standard InChI is InChI=1S/C13H15NO5/c1-9-3-5-10(6-4-9)19-13(16)14(17)11(15)7-8-12(14)18-2/h3-6,12H,7-8H2,1-2H3. The Morgan fingerprint density at radius 3 is 2.58 bits per heavy atom. The third-order valence-corrected chi connectivity index (χ3v) is 3.15. The van der Waals surface area contributed by atoms with Crippen LogP contribution in [-0.2, 0) is 9.53 Å². The lowest BCUT2D eigenvalue weighted by molar-refractivity contribution is -0.775. The lowest BCUT2D eigenvalue weighted by atomic mass is 10.2. The molecule has 19 heavy (non-hydrogen) atoms. The van der Waals surface area contributed by atoms with Gasteiger partial charge in [-0.1, -0.05) is 17.7 Å². The molecule has 0 spiro atoms. The second-order valence-electron chi connectivity index (χ2n) is 4.46. The normalized spacial score (nSPS) is 26.5.